The smallest absolute Gasteiger partial charge is 0.251 e. The van der Waals surface area contributed by atoms with Crippen LogP contribution >= 0.6 is 0 Å². The van der Waals surface area contributed by atoms with Gasteiger partial charge in [0.25, 0.3) is 5.91 Å². The van der Waals surface area contributed by atoms with Crippen molar-refractivity contribution in [1.82, 2.24) is 10.0 Å². The van der Waals surface area contributed by atoms with E-state index in [1.807, 2.05) is 19.1 Å². The second-order valence-electron chi connectivity index (χ2n) is 5.91. The maximum Gasteiger partial charge on any atom is 0.251 e. The van der Waals surface area contributed by atoms with E-state index in [0.29, 0.717) is 5.56 Å². The fraction of sp³-hybridized carbons (Fsp3) is 0.316. The highest BCUT2D eigenvalue weighted by molar-refractivity contribution is 7.89. The molecule has 0 atom stereocenters. The van der Waals surface area contributed by atoms with Gasteiger partial charge in [-0.05, 0) is 43.2 Å². The van der Waals surface area contributed by atoms with E-state index in [1.165, 1.54) is 5.56 Å². The predicted octanol–water partition coefficient (Wildman–Crippen LogP) is 2.66. The molecule has 0 spiro atoms. The molecule has 0 saturated carbocycles. The van der Waals surface area contributed by atoms with Crippen LogP contribution in [0.25, 0.3) is 0 Å². The first-order valence-corrected chi connectivity index (χ1v) is 9.84. The molecule has 2 rings (SSSR count). The minimum Gasteiger partial charge on any atom is -0.351 e. The number of sulfonamides is 1. The Morgan fingerprint density at radius 3 is 2.20 bits per heavy atom. The summed E-state index contributed by atoms with van der Waals surface area (Å²) in [6.45, 7) is 4.36. The molecular formula is C19H24N2O3S. The van der Waals surface area contributed by atoms with E-state index in [4.69, 9.17) is 0 Å². The number of amides is 1. The summed E-state index contributed by atoms with van der Waals surface area (Å²) < 4.78 is 26.8. The van der Waals surface area contributed by atoms with Gasteiger partial charge < -0.3 is 5.32 Å². The largest absolute Gasteiger partial charge is 0.351 e. The van der Waals surface area contributed by atoms with E-state index in [0.717, 1.165) is 18.4 Å². The Hall–Kier alpha value is -2.18. The quantitative estimate of drug-likeness (QED) is 0.711. The Morgan fingerprint density at radius 2 is 1.60 bits per heavy atom. The highest BCUT2D eigenvalue weighted by Crippen LogP contribution is 2.09. The third-order valence-electron chi connectivity index (χ3n) is 3.79. The summed E-state index contributed by atoms with van der Waals surface area (Å²) in [6, 6.07) is 14.1. The molecule has 0 radical (unpaired) electrons. The van der Waals surface area contributed by atoms with Gasteiger partial charge in [-0.1, -0.05) is 43.2 Å². The first-order chi connectivity index (χ1) is 11.9. The Bertz CT molecular complexity index is 798. The number of aryl methyl sites for hydroxylation is 2. The first kappa shape index (κ1) is 19.1. The molecule has 134 valence electrons. The van der Waals surface area contributed by atoms with Crippen molar-refractivity contribution in [2.75, 3.05) is 13.1 Å². The summed E-state index contributed by atoms with van der Waals surface area (Å²) >= 11 is 0. The summed E-state index contributed by atoms with van der Waals surface area (Å²) in [5.41, 5.74) is 2.77. The lowest BCUT2D eigenvalue weighted by molar-refractivity contribution is 0.0954. The summed E-state index contributed by atoms with van der Waals surface area (Å²) in [4.78, 5) is 12.3. The zero-order valence-corrected chi connectivity index (χ0v) is 15.4. The molecule has 0 aromatic heterocycles. The lowest BCUT2D eigenvalue weighted by atomic mass is 10.1. The molecule has 5 nitrogen and oxygen atoms in total. The highest BCUT2D eigenvalue weighted by Gasteiger charge is 2.13. The first-order valence-electron chi connectivity index (χ1n) is 8.36. The molecule has 0 fully saturated rings. The van der Waals surface area contributed by atoms with Gasteiger partial charge in [-0.3, -0.25) is 4.79 Å². The lowest BCUT2D eigenvalue weighted by Gasteiger charge is -2.09. The summed E-state index contributed by atoms with van der Waals surface area (Å²) in [5, 5.41) is 2.72. The molecule has 0 saturated heterocycles. The van der Waals surface area contributed by atoms with Crippen molar-refractivity contribution in [3.8, 4) is 0 Å². The number of hydrogen-bond donors (Lipinski definition) is 2. The molecule has 0 heterocycles. The topological polar surface area (TPSA) is 75.3 Å². The van der Waals surface area contributed by atoms with Gasteiger partial charge in [0.1, 0.15) is 0 Å². The molecule has 0 aliphatic heterocycles. The zero-order valence-electron chi connectivity index (χ0n) is 14.6. The van der Waals surface area contributed by atoms with Crippen molar-refractivity contribution in [3.63, 3.8) is 0 Å². The van der Waals surface area contributed by atoms with Crippen LogP contribution in [0.5, 0.6) is 0 Å². The van der Waals surface area contributed by atoms with Gasteiger partial charge in [-0.15, -0.1) is 0 Å². The molecule has 0 aliphatic rings. The monoisotopic (exact) mass is 360 g/mol. The van der Waals surface area contributed by atoms with Gasteiger partial charge in [0.05, 0.1) is 4.90 Å². The van der Waals surface area contributed by atoms with Gasteiger partial charge in [-0.2, -0.15) is 0 Å². The number of benzene rings is 2. The van der Waals surface area contributed by atoms with Crippen LogP contribution in [0.3, 0.4) is 0 Å². The van der Waals surface area contributed by atoms with Gasteiger partial charge in [-0.25, -0.2) is 13.1 Å². The fourth-order valence-corrected chi connectivity index (χ4v) is 3.41. The fourth-order valence-electron chi connectivity index (χ4n) is 2.38. The van der Waals surface area contributed by atoms with Crippen LogP contribution in [0.2, 0.25) is 0 Å². The Labute approximate surface area is 149 Å². The third kappa shape index (κ3) is 5.69. The van der Waals surface area contributed by atoms with E-state index in [1.54, 1.807) is 36.4 Å². The zero-order chi connectivity index (χ0) is 18.3. The molecule has 1 amide bonds. The van der Waals surface area contributed by atoms with E-state index in [2.05, 4.69) is 17.0 Å². The number of rotatable bonds is 8. The molecule has 0 bridgehead atoms. The van der Waals surface area contributed by atoms with Crippen LogP contribution in [0, 0.1) is 6.92 Å². The summed E-state index contributed by atoms with van der Waals surface area (Å²) in [5.74, 6) is -0.211. The summed E-state index contributed by atoms with van der Waals surface area (Å²) in [7, 11) is -3.55. The maximum absolute atomic E-state index is 12.1. The van der Waals surface area contributed by atoms with Crippen LogP contribution in [0.15, 0.2) is 53.4 Å². The van der Waals surface area contributed by atoms with Crippen LogP contribution < -0.4 is 10.0 Å². The van der Waals surface area contributed by atoms with E-state index < -0.39 is 10.0 Å². The van der Waals surface area contributed by atoms with Crippen molar-refractivity contribution in [1.29, 1.82) is 0 Å². The molecule has 6 heteroatoms. The lowest BCUT2D eigenvalue weighted by Crippen LogP contribution is -2.34. The average molecular weight is 360 g/mol. The molecule has 0 unspecified atom stereocenters. The van der Waals surface area contributed by atoms with Crippen molar-refractivity contribution < 1.29 is 13.2 Å². The third-order valence-corrected chi connectivity index (χ3v) is 5.27. The minimum absolute atomic E-state index is 0.135. The van der Waals surface area contributed by atoms with Crippen LogP contribution in [-0.2, 0) is 16.4 Å². The SMILES string of the molecule is CCCc1ccc(C(=O)NCCNS(=O)(=O)c2ccc(C)cc2)cc1. The maximum atomic E-state index is 12.1. The number of nitrogens with one attached hydrogen (secondary N) is 2. The molecule has 2 aromatic carbocycles. The van der Waals surface area contributed by atoms with E-state index in [-0.39, 0.29) is 23.9 Å². The van der Waals surface area contributed by atoms with Crippen LogP contribution in [-0.4, -0.2) is 27.4 Å². The van der Waals surface area contributed by atoms with E-state index in [9.17, 15) is 13.2 Å². The van der Waals surface area contributed by atoms with Crippen molar-refractivity contribution in [2.45, 2.75) is 31.6 Å². The molecule has 0 aliphatic carbocycles. The number of carbonyl (C=O) groups excluding carboxylic acids is 1. The van der Waals surface area contributed by atoms with Gasteiger partial charge in [0, 0.05) is 18.7 Å². The van der Waals surface area contributed by atoms with Crippen LogP contribution in [0.1, 0.15) is 34.8 Å². The van der Waals surface area contributed by atoms with Crippen molar-refractivity contribution in [3.05, 3.63) is 65.2 Å². The van der Waals surface area contributed by atoms with Gasteiger partial charge in [0.15, 0.2) is 0 Å². The normalized spacial score (nSPS) is 11.3. The summed E-state index contributed by atoms with van der Waals surface area (Å²) in [6.07, 6.45) is 2.05. The Morgan fingerprint density at radius 1 is 0.960 bits per heavy atom. The van der Waals surface area contributed by atoms with Crippen LogP contribution in [0.4, 0.5) is 0 Å². The molecule has 2 aromatic rings. The van der Waals surface area contributed by atoms with Gasteiger partial charge in [0.2, 0.25) is 10.0 Å². The Kier molecular flexibility index (Phi) is 6.73. The highest BCUT2D eigenvalue weighted by atomic mass is 32.2. The standard InChI is InChI=1S/C19H24N2O3S/c1-3-4-16-7-9-17(10-8-16)19(22)20-13-14-21-25(23,24)18-11-5-15(2)6-12-18/h5-12,21H,3-4,13-14H2,1-2H3,(H,20,22). The second-order valence-corrected chi connectivity index (χ2v) is 7.68. The molecule has 25 heavy (non-hydrogen) atoms. The second kappa shape index (κ2) is 8.78. The number of hydrogen-bond acceptors (Lipinski definition) is 3. The number of carbonyl (C=O) groups is 1. The molecule has 2 N–H and O–H groups in total. The Balaban J connectivity index is 1.81. The van der Waals surface area contributed by atoms with E-state index >= 15 is 0 Å². The van der Waals surface area contributed by atoms with Crippen molar-refractivity contribution >= 4 is 15.9 Å². The average Bonchev–Trinajstić information content (AvgIpc) is 2.60. The van der Waals surface area contributed by atoms with Crippen molar-refractivity contribution in [2.24, 2.45) is 0 Å². The van der Waals surface area contributed by atoms with Gasteiger partial charge >= 0.3 is 0 Å². The predicted molar refractivity (Wildman–Crippen MR) is 99.1 cm³/mol. The minimum atomic E-state index is -3.55. The molecular weight excluding hydrogens is 336 g/mol.